The molecule has 0 saturated carbocycles. The maximum absolute atomic E-state index is 11.7. The fourth-order valence-electron chi connectivity index (χ4n) is 2.36. The maximum atomic E-state index is 11.7. The summed E-state index contributed by atoms with van der Waals surface area (Å²) in [5.41, 5.74) is 5.50. The summed E-state index contributed by atoms with van der Waals surface area (Å²) in [6, 6.07) is 0.160. The molecule has 0 bridgehead atoms. The van der Waals surface area contributed by atoms with E-state index in [0.717, 1.165) is 64.3 Å². The molecular formula is C14H32N4O2. The van der Waals surface area contributed by atoms with Crippen molar-refractivity contribution in [3.05, 3.63) is 5.21 Å². The fourth-order valence-corrected chi connectivity index (χ4v) is 2.36. The highest BCUT2D eigenvalue weighted by molar-refractivity contribution is 4.66. The molecule has 0 heterocycles. The minimum Gasteiger partial charge on any atom is -0.569 e. The van der Waals surface area contributed by atoms with Crippen LogP contribution >= 0.6 is 0 Å². The smallest absolute Gasteiger partial charge is 0.230 e. The van der Waals surface area contributed by atoms with Crippen molar-refractivity contribution in [2.24, 2.45) is 11.0 Å². The Balaban J connectivity index is 4.54. The van der Waals surface area contributed by atoms with E-state index in [0.29, 0.717) is 11.5 Å². The monoisotopic (exact) mass is 288 g/mol. The van der Waals surface area contributed by atoms with Gasteiger partial charge in [0.15, 0.2) is 0 Å². The summed E-state index contributed by atoms with van der Waals surface area (Å²) in [5, 5.41) is 25.0. The van der Waals surface area contributed by atoms with Crippen molar-refractivity contribution in [1.29, 1.82) is 0 Å². The van der Waals surface area contributed by atoms with Gasteiger partial charge in [-0.15, -0.1) is 5.01 Å². The normalized spacial score (nSPS) is 13.4. The van der Waals surface area contributed by atoms with Gasteiger partial charge in [0.05, 0.1) is 17.6 Å². The van der Waals surface area contributed by atoms with E-state index >= 15 is 0 Å². The summed E-state index contributed by atoms with van der Waals surface area (Å²) >= 11 is 0. The van der Waals surface area contributed by atoms with E-state index in [2.05, 4.69) is 19.1 Å². The van der Waals surface area contributed by atoms with E-state index in [4.69, 9.17) is 10.9 Å². The van der Waals surface area contributed by atoms with Gasteiger partial charge in [-0.2, -0.15) is 0 Å². The van der Waals surface area contributed by atoms with Crippen molar-refractivity contribution in [3.8, 4) is 0 Å². The van der Waals surface area contributed by atoms with E-state index in [1.165, 1.54) is 0 Å². The first-order valence-electron chi connectivity index (χ1n) is 8.00. The Labute approximate surface area is 123 Å². The van der Waals surface area contributed by atoms with Crippen LogP contribution in [0.15, 0.2) is 5.28 Å². The van der Waals surface area contributed by atoms with Gasteiger partial charge in [0.25, 0.3) is 0 Å². The minimum absolute atomic E-state index is 0.160. The molecule has 0 amide bonds. The molecule has 0 spiro atoms. The van der Waals surface area contributed by atoms with Crippen LogP contribution in [0.2, 0.25) is 0 Å². The molecule has 0 rings (SSSR count). The first-order valence-corrected chi connectivity index (χ1v) is 8.00. The number of nitrogens with zero attached hydrogens (tertiary/aromatic N) is 3. The Morgan fingerprint density at radius 1 is 1.10 bits per heavy atom. The third-order valence-electron chi connectivity index (χ3n) is 3.59. The van der Waals surface area contributed by atoms with E-state index in [1.807, 2.05) is 0 Å². The number of hydrogen-bond acceptors (Lipinski definition) is 3. The molecular weight excluding hydrogens is 256 g/mol. The Hall–Kier alpha value is -1.04. The van der Waals surface area contributed by atoms with Gasteiger partial charge in [-0.3, -0.25) is 0 Å². The van der Waals surface area contributed by atoms with Crippen LogP contribution in [0.25, 0.3) is 0 Å². The van der Waals surface area contributed by atoms with Crippen LogP contribution in [0.4, 0.5) is 0 Å². The van der Waals surface area contributed by atoms with Gasteiger partial charge in [-0.05, 0) is 32.2 Å². The average Bonchev–Trinajstić information content (AvgIpc) is 2.47. The molecule has 0 aliphatic heterocycles. The van der Waals surface area contributed by atoms with Crippen molar-refractivity contribution in [2.45, 2.75) is 77.7 Å². The number of nitrogens with two attached hydrogens (primary N) is 1. The van der Waals surface area contributed by atoms with Crippen LogP contribution in [0.1, 0.15) is 71.6 Å². The van der Waals surface area contributed by atoms with Crippen molar-refractivity contribution in [1.82, 2.24) is 5.01 Å². The maximum Gasteiger partial charge on any atom is 0.230 e. The molecule has 6 nitrogen and oxygen atoms in total. The quantitative estimate of drug-likeness (QED) is 0.235. The molecule has 1 unspecified atom stereocenters. The van der Waals surface area contributed by atoms with Crippen LogP contribution in [0, 0.1) is 5.21 Å². The molecule has 0 aliphatic carbocycles. The van der Waals surface area contributed by atoms with Crippen LogP contribution in [0.5, 0.6) is 0 Å². The summed E-state index contributed by atoms with van der Waals surface area (Å²) in [5.74, 6) is 0. The number of hydrazine groups is 1. The number of hydrogen-bond donors (Lipinski definition) is 2. The lowest BCUT2D eigenvalue weighted by Gasteiger charge is -2.27. The molecule has 0 aromatic carbocycles. The molecule has 6 heteroatoms. The lowest BCUT2D eigenvalue weighted by Crippen LogP contribution is -2.41. The summed E-state index contributed by atoms with van der Waals surface area (Å²) in [7, 11) is 0. The van der Waals surface area contributed by atoms with Crippen LogP contribution in [0.3, 0.4) is 0 Å². The van der Waals surface area contributed by atoms with Crippen LogP contribution < -0.4 is 5.73 Å². The molecule has 0 saturated heterocycles. The van der Waals surface area contributed by atoms with Crippen molar-refractivity contribution in [2.75, 3.05) is 13.1 Å². The Morgan fingerprint density at radius 2 is 1.75 bits per heavy atom. The van der Waals surface area contributed by atoms with Gasteiger partial charge >= 0.3 is 0 Å². The van der Waals surface area contributed by atoms with Gasteiger partial charge in [0.2, 0.25) is 5.28 Å². The highest BCUT2D eigenvalue weighted by atomic mass is 16.6. The summed E-state index contributed by atoms with van der Waals surface area (Å²) in [4.78, 5) is 0.360. The zero-order chi connectivity index (χ0) is 15.2. The van der Waals surface area contributed by atoms with Gasteiger partial charge in [0.1, 0.15) is 0 Å². The molecule has 0 aromatic rings. The first kappa shape index (κ1) is 19.0. The van der Waals surface area contributed by atoms with Crippen molar-refractivity contribution in [3.63, 3.8) is 0 Å². The molecule has 0 fully saturated rings. The molecule has 20 heavy (non-hydrogen) atoms. The zero-order valence-corrected chi connectivity index (χ0v) is 13.1. The predicted molar refractivity (Wildman–Crippen MR) is 80.3 cm³/mol. The average molecular weight is 288 g/mol. The minimum atomic E-state index is 0.160. The lowest BCUT2D eigenvalue weighted by molar-refractivity contribution is -0.717. The van der Waals surface area contributed by atoms with Crippen molar-refractivity contribution < 1.29 is 10.2 Å². The summed E-state index contributed by atoms with van der Waals surface area (Å²) in [6.07, 6.45) is 9.25. The van der Waals surface area contributed by atoms with E-state index in [-0.39, 0.29) is 6.04 Å². The Morgan fingerprint density at radius 3 is 2.30 bits per heavy atom. The topological polar surface area (TPSA) is 87.9 Å². The predicted octanol–water partition coefficient (Wildman–Crippen LogP) is 3.43. The lowest BCUT2D eigenvalue weighted by atomic mass is 10.0. The second-order valence-corrected chi connectivity index (χ2v) is 5.29. The highest BCUT2D eigenvalue weighted by Gasteiger charge is 2.24. The van der Waals surface area contributed by atoms with Gasteiger partial charge < -0.3 is 16.1 Å². The third-order valence-corrected chi connectivity index (χ3v) is 3.59. The Bertz CT molecular complexity index is 249. The van der Waals surface area contributed by atoms with E-state index < -0.39 is 0 Å². The standard InChI is InChI=1S/C14H32N4O2/c1-3-5-10-14(11-8-7-9-12-15)17(13-6-4-2)18(20)16-19/h14,19H,3-13,15H2,1-2H3/b18-16+. The molecule has 0 aromatic heterocycles. The number of rotatable bonds is 13. The van der Waals surface area contributed by atoms with Crippen LogP contribution in [-0.2, 0) is 0 Å². The second-order valence-electron chi connectivity index (χ2n) is 5.29. The van der Waals surface area contributed by atoms with Crippen molar-refractivity contribution >= 4 is 0 Å². The highest BCUT2D eigenvalue weighted by Crippen LogP contribution is 2.17. The molecule has 0 radical (unpaired) electrons. The third kappa shape index (κ3) is 8.19. The first-order chi connectivity index (χ1) is 9.71. The largest absolute Gasteiger partial charge is 0.569 e. The second kappa shape index (κ2) is 13.0. The fraction of sp³-hybridized carbons (Fsp3) is 1.00. The van der Waals surface area contributed by atoms with Gasteiger partial charge in [-0.1, -0.05) is 46.0 Å². The molecule has 120 valence electrons. The van der Waals surface area contributed by atoms with Crippen LogP contribution in [-0.4, -0.2) is 34.3 Å². The SMILES string of the molecule is CCCCC(CCCCCN)N(CCCC)/[N+]([O-])=N\O. The van der Waals surface area contributed by atoms with E-state index in [9.17, 15) is 5.21 Å². The molecule has 1 atom stereocenters. The molecule has 3 N–H and O–H groups in total. The molecule has 0 aliphatic rings. The van der Waals surface area contributed by atoms with Gasteiger partial charge in [0, 0.05) is 0 Å². The van der Waals surface area contributed by atoms with E-state index in [1.54, 1.807) is 5.01 Å². The Kier molecular flexibility index (Phi) is 12.3. The number of unbranched alkanes of at least 4 members (excludes halogenated alkanes) is 4. The summed E-state index contributed by atoms with van der Waals surface area (Å²) in [6.45, 7) is 5.60. The zero-order valence-electron chi connectivity index (χ0n) is 13.1. The van der Waals surface area contributed by atoms with Gasteiger partial charge in [-0.25, -0.2) is 0 Å². The summed E-state index contributed by atoms with van der Waals surface area (Å²) < 4.78 is 0.